The lowest BCUT2D eigenvalue weighted by Crippen LogP contribution is -2.16. The van der Waals surface area contributed by atoms with Gasteiger partial charge in [-0.15, -0.1) is 10.2 Å². The summed E-state index contributed by atoms with van der Waals surface area (Å²) in [4.78, 5) is 12.6. The number of para-hydroxylation sites is 1. The lowest BCUT2D eigenvalue weighted by atomic mass is 10.1. The molecule has 31 heavy (non-hydrogen) atoms. The molecule has 0 fully saturated rings. The fourth-order valence-electron chi connectivity index (χ4n) is 3.21. The summed E-state index contributed by atoms with van der Waals surface area (Å²) < 4.78 is 12.7. The Balaban J connectivity index is 1.58. The molecule has 0 aliphatic carbocycles. The first-order valence-corrected chi connectivity index (χ1v) is 10.7. The van der Waals surface area contributed by atoms with Crippen LogP contribution >= 0.6 is 11.8 Å². The number of rotatable bonds is 7. The molecular weight excluding hydrogens is 412 g/mol. The van der Waals surface area contributed by atoms with Crippen molar-refractivity contribution in [2.45, 2.75) is 19.0 Å². The van der Waals surface area contributed by atoms with Crippen LogP contribution in [0.2, 0.25) is 0 Å². The number of amides is 1. The van der Waals surface area contributed by atoms with Gasteiger partial charge in [-0.05, 0) is 61.4 Å². The number of aromatic nitrogens is 3. The fraction of sp³-hybridized carbons (Fsp3) is 0.174. The normalized spacial score (nSPS) is 10.8. The second-order valence-electron chi connectivity index (χ2n) is 6.92. The lowest BCUT2D eigenvalue weighted by molar-refractivity contribution is -0.113. The Morgan fingerprint density at radius 3 is 2.45 bits per heavy atom. The van der Waals surface area contributed by atoms with E-state index in [0.717, 1.165) is 28.3 Å². The molecule has 1 amide bonds. The molecule has 1 N–H and O–H groups in total. The van der Waals surface area contributed by atoms with E-state index in [4.69, 9.17) is 9.15 Å². The van der Waals surface area contributed by atoms with Crippen LogP contribution in [0.5, 0.6) is 5.75 Å². The molecule has 2 aromatic carbocycles. The number of hydrogen-bond donors (Lipinski definition) is 1. The molecule has 0 radical (unpaired) electrons. The van der Waals surface area contributed by atoms with Gasteiger partial charge in [0.2, 0.25) is 11.7 Å². The van der Waals surface area contributed by atoms with E-state index in [9.17, 15) is 4.79 Å². The van der Waals surface area contributed by atoms with Crippen LogP contribution < -0.4 is 10.1 Å². The number of thioether (sulfide) groups is 1. The van der Waals surface area contributed by atoms with Crippen LogP contribution in [0.15, 0.2) is 70.4 Å². The quantitative estimate of drug-likeness (QED) is 0.417. The summed E-state index contributed by atoms with van der Waals surface area (Å²) in [5.41, 5.74) is 3.75. The Kier molecular flexibility index (Phi) is 6.08. The maximum atomic E-state index is 12.6. The number of hydrogen-bond acceptors (Lipinski definition) is 6. The number of nitrogens with zero attached hydrogens (tertiary/aromatic N) is 3. The van der Waals surface area contributed by atoms with Gasteiger partial charge in [-0.2, -0.15) is 0 Å². The lowest BCUT2D eigenvalue weighted by Gasteiger charge is -2.12. The van der Waals surface area contributed by atoms with Gasteiger partial charge < -0.3 is 14.5 Å². The summed E-state index contributed by atoms with van der Waals surface area (Å²) in [5, 5.41) is 12.2. The van der Waals surface area contributed by atoms with Gasteiger partial charge in [-0.25, -0.2) is 0 Å². The standard InChI is InChI=1S/C23H22N4O3S/c1-15-6-4-7-16(2)21(15)24-20(28)14-31-23-26-25-22(19-8-5-13-30-19)27(23)17-9-11-18(29-3)12-10-17/h4-13H,14H2,1-3H3,(H,24,28). The van der Waals surface area contributed by atoms with E-state index >= 15 is 0 Å². The van der Waals surface area contributed by atoms with Gasteiger partial charge in [0.05, 0.1) is 24.8 Å². The van der Waals surface area contributed by atoms with Crippen molar-refractivity contribution >= 4 is 23.4 Å². The highest BCUT2D eigenvalue weighted by Gasteiger charge is 2.19. The third-order valence-corrected chi connectivity index (χ3v) is 5.71. The van der Waals surface area contributed by atoms with Gasteiger partial charge in [-0.1, -0.05) is 30.0 Å². The molecule has 0 unspecified atom stereocenters. The maximum Gasteiger partial charge on any atom is 0.234 e. The second kappa shape index (κ2) is 9.09. The summed E-state index contributed by atoms with van der Waals surface area (Å²) in [6, 6.07) is 17.1. The summed E-state index contributed by atoms with van der Waals surface area (Å²) in [7, 11) is 1.62. The summed E-state index contributed by atoms with van der Waals surface area (Å²) in [6.45, 7) is 3.96. The Labute approximate surface area is 184 Å². The third kappa shape index (κ3) is 4.49. The fourth-order valence-corrected chi connectivity index (χ4v) is 3.96. The molecule has 0 aliphatic rings. The molecule has 2 aromatic heterocycles. The zero-order valence-corrected chi connectivity index (χ0v) is 18.3. The van der Waals surface area contributed by atoms with Gasteiger partial charge in [0.1, 0.15) is 5.75 Å². The number of ether oxygens (including phenoxy) is 1. The highest BCUT2D eigenvalue weighted by Crippen LogP contribution is 2.29. The van der Waals surface area contributed by atoms with E-state index in [0.29, 0.717) is 16.7 Å². The van der Waals surface area contributed by atoms with Crippen molar-refractivity contribution in [3.05, 3.63) is 72.0 Å². The number of benzene rings is 2. The number of carbonyl (C=O) groups excluding carboxylic acids is 1. The van der Waals surface area contributed by atoms with E-state index in [-0.39, 0.29) is 11.7 Å². The van der Waals surface area contributed by atoms with Crippen LogP contribution in [0, 0.1) is 13.8 Å². The summed E-state index contributed by atoms with van der Waals surface area (Å²) >= 11 is 1.31. The number of methoxy groups -OCH3 is 1. The van der Waals surface area contributed by atoms with Crippen molar-refractivity contribution in [2.24, 2.45) is 0 Å². The van der Waals surface area contributed by atoms with Gasteiger partial charge >= 0.3 is 0 Å². The first-order valence-electron chi connectivity index (χ1n) is 9.69. The molecule has 0 saturated carbocycles. The topological polar surface area (TPSA) is 82.2 Å². The highest BCUT2D eigenvalue weighted by atomic mass is 32.2. The molecule has 2 heterocycles. The Bertz CT molecular complexity index is 1160. The molecule has 8 heteroatoms. The van der Waals surface area contributed by atoms with Crippen LogP contribution in [0.3, 0.4) is 0 Å². The third-order valence-electron chi connectivity index (χ3n) is 4.78. The van der Waals surface area contributed by atoms with E-state index in [1.165, 1.54) is 11.8 Å². The first-order chi connectivity index (χ1) is 15.1. The highest BCUT2D eigenvalue weighted by molar-refractivity contribution is 7.99. The predicted octanol–water partition coefficient (Wildman–Crippen LogP) is 4.88. The van der Waals surface area contributed by atoms with E-state index in [1.807, 2.05) is 66.9 Å². The van der Waals surface area contributed by atoms with Crippen LogP contribution in [-0.2, 0) is 4.79 Å². The minimum absolute atomic E-state index is 0.105. The van der Waals surface area contributed by atoms with Gasteiger partial charge in [0.25, 0.3) is 0 Å². The SMILES string of the molecule is COc1ccc(-n2c(SCC(=O)Nc3c(C)cccc3C)nnc2-c2ccco2)cc1. The van der Waals surface area contributed by atoms with Crippen molar-refractivity contribution in [2.75, 3.05) is 18.2 Å². The van der Waals surface area contributed by atoms with E-state index in [2.05, 4.69) is 15.5 Å². The van der Waals surface area contributed by atoms with Gasteiger partial charge in [0.15, 0.2) is 10.9 Å². The average Bonchev–Trinajstić information content (AvgIpc) is 3.45. The minimum Gasteiger partial charge on any atom is -0.497 e. The molecular formula is C23H22N4O3S. The smallest absolute Gasteiger partial charge is 0.234 e. The average molecular weight is 435 g/mol. The zero-order valence-electron chi connectivity index (χ0n) is 17.5. The Morgan fingerprint density at radius 2 is 1.81 bits per heavy atom. The van der Waals surface area contributed by atoms with Crippen LogP contribution in [-0.4, -0.2) is 33.5 Å². The second-order valence-corrected chi connectivity index (χ2v) is 7.86. The number of aryl methyl sites for hydroxylation is 2. The summed E-state index contributed by atoms with van der Waals surface area (Å²) in [5.74, 6) is 1.99. The molecule has 0 spiro atoms. The van der Waals surface area contributed by atoms with Crippen LogP contribution in [0.25, 0.3) is 17.3 Å². The van der Waals surface area contributed by atoms with Crippen molar-refractivity contribution in [3.63, 3.8) is 0 Å². The molecule has 158 valence electrons. The number of nitrogens with one attached hydrogen (secondary N) is 1. The summed E-state index contributed by atoms with van der Waals surface area (Å²) in [6.07, 6.45) is 1.59. The Hall–Kier alpha value is -3.52. The van der Waals surface area contributed by atoms with Crippen molar-refractivity contribution in [1.29, 1.82) is 0 Å². The molecule has 0 saturated heterocycles. The monoisotopic (exact) mass is 434 g/mol. The zero-order chi connectivity index (χ0) is 21.8. The van der Waals surface area contributed by atoms with Gasteiger partial charge in [-0.3, -0.25) is 9.36 Å². The van der Waals surface area contributed by atoms with Crippen molar-refractivity contribution in [1.82, 2.24) is 14.8 Å². The van der Waals surface area contributed by atoms with Gasteiger partial charge in [0, 0.05) is 5.69 Å². The molecule has 4 aromatic rings. The van der Waals surface area contributed by atoms with Crippen LogP contribution in [0.1, 0.15) is 11.1 Å². The molecule has 0 atom stereocenters. The number of carbonyl (C=O) groups is 1. The molecule has 0 bridgehead atoms. The minimum atomic E-state index is -0.105. The van der Waals surface area contributed by atoms with E-state index in [1.54, 1.807) is 19.4 Å². The maximum absolute atomic E-state index is 12.6. The predicted molar refractivity (Wildman–Crippen MR) is 121 cm³/mol. The van der Waals surface area contributed by atoms with Crippen molar-refractivity contribution < 1.29 is 13.9 Å². The molecule has 0 aliphatic heterocycles. The van der Waals surface area contributed by atoms with Crippen LogP contribution in [0.4, 0.5) is 5.69 Å². The Morgan fingerprint density at radius 1 is 1.06 bits per heavy atom. The molecule has 4 rings (SSSR count). The van der Waals surface area contributed by atoms with E-state index < -0.39 is 0 Å². The van der Waals surface area contributed by atoms with Crippen molar-refractivity contribution in [3.8, 4) is 23.0 Å². The number of furan rings is 1. The molecule has 7 nitrogen and oxygen atoms in total. The largest absolute Gasteiger partial charge is 0.497 e. The number of anilines is 1. The first kappa shape index (κ1) is 20.7.